The predicted molar refractivity (Wildman–Crippen MR) is 93.6 cm³/mol. The van der Waals surface area contributed by atoms with Gasteiger partial charge in [0, 0.05) is 0 Å². The van der Waals surface area contributed by atoms with Crippen LogP contribution in [0.2, 0.25) is 18.1 Å². The predicted octanol–water partition coefficient (Wildman–Crippen LogP) is 5.34. The average molecular weight is 307 g/mol. The molecule has 0 fully saturated rings. The highest BCUT2D eigenvalue weighted by Crippen LogP contribution is 2.37. The molecule has 118 valence electrons. The standard InChI is InChI=1S/C18H30O2Si/c1-8-10-17(20-21(6,7)18(3,4)5)14-19-16-12-9-11-15(2)13-16/h8-13,17H,14H2,1-7H3/b10-8+/t17-/m1/s1. The van der Waals surface area contributed by atoms with Gasteiger partial charge in [0.2, 0.25) is 0 Å². The summed E-state index contributed by atoms with van der Waals surface area (Å²) in [7, 11) is -1.79. The van der Waals surface area contributed by atoms with Crippen LogP contribution in [-0.2, 0) is 4.43 Å². The number of aryl methyl sites for hydroxylation is 1. The van der Waals surface area contributed by atoms with Gasteiger partial charge in [-0.25, -0.2) is 0 Å². The molecule has 3 heteroatoms. The third kappa shape index (κ3) is 5.68. The average Bonchev–Trinajstić information content (AvgIpc) is 2.34. The van der Waals surface area contributed by atoms with Gasteiger partial charge < -0.3 is 9.16 Å². The van der Waals surface area contributed by atoms with Crippen LogP contribution in [0.4, 0.5) is 0 Å². The van der Waals surface area contributed by atoms with Crippen molar-refractivity contribution in [2.75, 3.05) is 6.61 Å². The highest BCUT2D eigenvalue weighted by atomic mass is 28.4. The normalized spacial score (nSPS) is 14.4. The number of ether oxygens (including phenoxy) is 1. The van der Waals surface area contributed by atoms with Gasteiger partial charge in [-0.3, -0.25) is 0 Å². The van der Waals surface area contributed by atoms with Crippen LogP contribution in [-0.4, -0.2) is 21.0 Å². The van der Waals surface area contributed by atoms with Crippen LogP contribution >= 0.6 is 0 Å². The van der Waals surface area contributed by atoms with Gasteiger partial charge in [-0.1, -0.05) is 45.1 Å². The zero-order valence-electron chi connectivity index (χ0n) is 14.6. The van der Waals surface area contributed by atoms with Crippen LogP contribution in [0.1, 0.15) is 33.3 Å². The molecule has 0 saturated carbocycles. The molecule has 1 rings (SSSR count). The molecule has 0 heterocycles. The van der Waals surface area contributed by atoms with E-state index in [0.717, 1.165) is 5.75 Å². The van der Waals surface area contributed by atoms with Crippen molar-refractivity contribution in [1.29, 1.82) is 0 Å². The molecule has 2 nitrogen and oxygen atoms in total. The topological polar surface area (TPSA) is 18.5 Å². The monoisotopic (exact) mass is 306 g/mol. The maximum Gasteiger partial charge on any atom is 0.193 e. The lowest BCUT2D eigenvalue weighted by Crippen LogP contribution is -2.44. The second-order valence-electron chi connectivity index (χ2n) is 7.07. The van der Waals surface area contributed by atoms with E-state index in [-0.39, 0.29) is 11.1 Å². The van der Waals surface area contributed by atoms with E-state index >= 15 is 0 Å². The Labute approximate surface area is 131 Å². The highest BCUT2D eigenvalue weighted by Gasteiger charge is 2.38. The summed E-state index contributed by atoms with van der Waals surface area (Å²) in [5.74, 6) is 0.906. The van der Waals surface area contributed by atoms with Crippen LogP contribution < -0.4 is 4.74 Å². The van der Waals surface area contributed by atoms with Crippen molar-refractivity contribution >= 4 is 8.32 Å². The second-order valence-corrected chi connectivity index (χ2v) is 11.8. The van der Waals surface area contributed by atoms with Gasteiger partial charge >= 0.3 is 0 Å². The molecule has 0 aliphatic heterocycles. The quantitative estimate of drug-likeness (QED) is 0.521. The number of benzene rings is 1. The molecule has 0 unspecified atom stereocenters. The zero-order valence-corrected chi connectivity index (χ0v) is 15.6. The third-order valence-corrected chi connectivity index (χ3v) is 8.57. The minimum Gasteiger partial charge on any atom is -0.491 e. The molecular formula is C18H30O2Si. The van der Waals surface area contributed by atoms with Gasteiger partial charge in [0.1, 0.15) is 12.4 Å². The smallest absolute Gasteiger partial charge is 0.193 e. The molecule has 0 aliphatic rings. The third-order valence-electron chi connectivity index (χ3n) is 4.06. The zero-order chi connectivity index (χ0) is 16.1. The second kappa shape index (κ2) is 7.28. The van der Waals surface area contributed by atoms with E-state index in [1.807, 2.05) is 25.1 Å². The minimum atomic E-state index is -1.79. The van der Waals surface area contributed by atoms with Crippen molar-refractivity contribution in [3.63, 3.8) is 0 Å². The van der Waals surface area contributed by atoms with Gasteiger partial charge in [0.15, 0.2) is 8.32 Å². The van der Waals surface area contributed by atoms with E-state index in [1.54, 1.807) is 0 Å². The Hall–Kier alpha value is -1.06. The Balaban J connectivity index is 2.71. The Bertz CT molecular complexity index is 472. The Kier molecular flexibility index (Phi) is 6.23. The summed E-state index contributed by atoms with van der Waals surface area (Å²) in [6.07, 6.45) is 4.14. The van der Waals surface area contributed by atoms with Crippen LogP contribution in [0.3, 0.4) is 0 Å². The summed E-state index contributed by atoms with van der Waals surface area (Å²) >= 11 is 0. The van der Waals surface area contributed by atoms with Crippen LogP contribution in [0.5, 0.6) is 5.75 Å². The first-order valence-electron chi connectivity index (χ1n) is 7.66. The first-order valence-corrected chi connectivity index (χ1v) is 10.6. The molecular weight excluding hydrogens is 276 g/mol. The van der Waals surface area contributed by atoms with Gasteiger partial charge in [-0.2, -0.15) is 0 Å². The molecule has 1 aromatic carbocycles. The largest absolute Gasteiger partial charge is 0.491 e. The molecule has 0 bridgehead atoms. The van der Waals surface area contributed by atoms with Crippen LogP contribution in [0.15, 0.2) is 36.4 Å². The van der Waals surface area contributed by atoms with Crippen molar-refractivity contribution < 1.29 is 9.16 Å². The highest BCUT2D eigenvalue weighted by molar-refractivity contribution is 6.74. The molecule has 0 radical (unpaired) electrons. The Morgan fingerprint density at radius 2 is 1.90 bits per heavy atom. The van der Waals surface area contributed by atoms with E-state index in [4.69, 9.17) is 9.16 Å². The maximum absolute atomic E-state index is 6.42. The number of rotatable bonds is 6. The van der Waals surface area contributed by atoms with E-state index in [0.29, 0.717) is 6.61 Å². The van der Waals surface area contributed by atoms with Crippen LogP contribution in [0, 0.1) is 6.92 Å². The van der Waals surface area contributed by atoms with Crippen molar-refractivity contribution in [1.82, 2.24) is 0 Å². The molecule has 0 spiro atoms. The number of hydrogen-bond donors (Lipinski definition) is 0. The summed E-state index contributed by atoms with van der Waals surface area (Å²) in [5.41, 5.74) is 1.21. The summed E-state index contributed by atoms with van der Waals surface area (Å²) in [6.45, 7) is 16.0. The molecule has 1 aromatic rings. The fourth-order valence-electron chi connectivity index (χ4n) is 1.78. The SMILES string of the molecule is C/C=C/[C@H](COc1cccc(C)c1)O[Si](C)(C)C(C)(C)C. The lowest BCUT2D eigenvalue weighted by atomic mass is 10.2. The van der Waals surface area contributed by atoms with Gasteiger partial charge in [0.05, 0.1) is 6.10 Å². The Morgan fingerprint density at radius 3 is 2.43 bits per heavy atom. The number of hydrogen-bond acceptors (Lipinski definition) is 2. The summed E-state index contributed by atoms with van der Waals surface area (Å²) in [4.78, 5) is 0. The fraction of sp³-hybridized carbons (Fsp3) is 0.556. The lowest BCUT2D eigenvalue weighted by molar-refractivity contribution is 0.150. The number of allylic oxidation sites excluding steroid dienone is 1. The van der Waals surface area contributed by atoms with Crippen molar-refractivity contribution in [3.8, 4) is 5.75 Å². The molecule has 0 N–H and O–H groups in total. The van der Waals surface area contributed by atoms with Crippen LogP contribution in [0.25, 0.3) is 0 Å². The molecule has 1 atom stereocenters. The summed E-state index contributed by atoms with van der Waals surface area (Å²) < 4.78 is 12.3. The van der Waals surface area contributed by atoms with Gasteiger partial charge in [0.25, 0.3) is 0 Å². The minimum absolute atomic E-state index is 0.0106. The first-order chi connectivity index (χ1) is 9.65. The van der Waals surface area contributed by atoms with Gasteiger partial charge in [-0.15, -0.1) is 0 Å². The van der Waals surface area contributed by atoms with E-state index in [1.165, 1.54) is 5.56 Å². The Morgan fingerprint density at radius 1 is 1.24 bits per heavy atom. The molecule has 0 amide bonds. The summed E-state index contributed by atoms with van der Waals surface area (Å²) in [6, 6.07) is 8.14. The van der Waals surface area contributed by atoms with Crippen molar-refractivity contribution in [2.45, 2.75) is 58.9 Å². The van der Waals surface area contributed by atoms with Crippen molar-refractivity contribution in [2.24, 2.45) is 0 Å². The molecule has 0 aliphatic carbocycles. The van der Waals surface area contributed by atoms with E-state index in [2.05, 4.69) is 59.0 Å². The van der Waals surface area contributed by atoms with E-state index < -0.39 is 8.32 Å². The fourth-order valence-corrected chi connectivity index (χ4v) is 3.04. The summed E-state index contributed by atoms with van der Waals surface area (Å²) in [5, 5.41) is 0.205. The molecule has 0 aromatic heterocycles. The van der Waals surface area contributed by atoms with Gasteiger partial charge in [-0.05, 0) is 49.7 Å². The molecule has 0 saturated heterocycles. The maximum atomic E-state index is 6.42. The molecule has 21 heavy (non-hydrogen) atoms. The van der Waals surface area contributed by atoms with E-state index in [9.17, 15) is 0 Å². The lowest BCUT2D eigenvalue weighted by Gasteiger charge is -2.38. The van der Waals surface area contributed by atoms with Crippen molar-refractivity contribution in [3.05, 3.63) is 42.0 Å². The first kappa shape index (κ1) is 18.0.